The maximum absolute atomic E-state index is 9.20. The van der Waals surface area contributed by atoms with Gasteiger partial charge in [0.15, 0.2) is 0 Å². The highest BCUT2D eigenvalue weighted by Gasteiger charge is 2.54. The van der Waals surface area contributed by atoms with Gasteiger partial charge in [-0.05, 0) is 74.5 Å². The molecule has 0 aromatic heterocycles. The Balaban J connectivity index is 1.67. The Kier molecular flexibility index (Phi) is 4.98. The molecule has 0 radical (unpaired) electrons. The Morgan fingerprint density at radius 1 is 1.19 bits per heavy atom. The first kappa shape index (κ1) is 17.9. The third-order valence-corrected chi connectivity index (χ3v) is 6.39. The first-order valence-corrected chi connectivity index (χ1v) is 9.94. The molecule has 2 unspecified atom stereocenters. The van der Waals surface area contributed by atoms with Gasteiger partial charge >= 0.3 is 0 Å². The summed E-state index contributed by atoms with van der Waals surface area (Å²) in [6, 6.07) is 8.26. The number of benzene rings is 1. The number of aliphatic hydroxyl groups excluding tert-OH is 1. The molecule has 0 heterocycles. The second-order valence-electron chi connectivity index (χ2n) is 8.05. The van der Waals surface area contributed by atoms with Gasteiger partial charge in [0.1, 0.15) is 11.5 Å². The molecule has 1 N–H and O–H groups in total. The molecule has 4 aliphatic carbocycles. The van der Waals surface area contributed by atoms with Crippen LogP contribution in [0.15, 0.2) is 29.8 Å². The molecule has 4 aliphatic rings. The summed E-state index contributed by atoms with van der Waals surface area (Å²) in [5, 5.41) is 9.20. The molecule has 4 bridgehead atoms. The molecule has 0 amide bonds. The van der Waals surface area contributed by atoms with E-state index in [4.69, 9.17) is 14.2 Å². The summed E-state index contributed by atoms with van der Waals surface area (Å²) < 4.78 is 17.8. The Morgan fingerprint density at radius 2 is 1.96 bits per heavy atom. The van der Waals surface area contributed by atoms with E-state index in [1.165, 1.54) is 18.4 Å². The molecule has 0 aliphatic heterocycles. The Labute approximate surface area is 156 Å². The van der Waals surface area contributed by atoms with Crippen molar-refractivity contribution in [1.29, 1.82) is 0 Å². The lowest BCUT2D eigenvalue weighted by atomic mass is 9.52. The van der Waals surface area contributed by atoms with Crippen LogP contribution in [0.4, 0.5) is 0 Å². The molecule has 0 saturated heterocycles. The Morgan fingerprint density at radius 3 is 2.62 bits per heavy atom. The van der Waals surface area contributed by atoms with Crippen LogP contribution >= 0.6 is 0 Å². The SMILES string of the molecule is CCOc1cccc(C(OC)=C2C3CC4CC2CC(OCCO)(C4)C3)c1. The first-order valence-electron chi connectivity index (χ1n) is 9.94. The third-order valence-electron chi connectivity index (χ3n) is 6.39. The van der Waals surface area contributed by atoms with Crippen LogP contribution in [0.1, 0.15) is 44.6 Å². The summed E-state index contributed by atoms with van der Waals surface area (Å²) in [6.45, 7) is 3.24. The predicted octanol–water partition coefficient (Wildman–Crippen LogP) is 4.03. The van der Waals surface area contributed by atoms with Crippen LogP contribution in [0.2, 0.25) is 0 Å². The normalized spacial score (nSPS) is 32.0. The number of hydrogen-bond acceptors (Lipinski definition) is 4. The average molecular weight is 358 g/mol. The zero-order valence-electron chi connectivity index (χ0n) is 15.9. The van der Waals surface area contributed by atoms with Crippen LogP contribution in [0.25, 0.3) is 5.76 Å². The smallest absolute Gasteiger partial charge is 0.125 e. The first-order chi connectivity index (χ1) is 12.7. The van der Waals surface area contributed by atoms with Gasteiger partial charge in [-0.1, -0.05) is 12.1 Å². The molecular weight excluding hydrogens is 328 g/mol. The van der Waals surface area contributed by atoms with Gasteiger partial charge < -0.3 is 19.3 Å². The number of methoxy groups -OCH3 is 1. The molecular formula is C22H30O4. The molecule has 4 saturated carbocycles. The van der Waals surface area contributed by atoms with Crippen molar-refractivity contribution < 1.29 is 19.3 Å². The minimum absolute atomic E-state index is 0.0191. The molecule has 0 spiro atoms. The molecule has 2 atom stereocenters. The van der Waals surface area contributed by atoms with E-state index in [9.17, 15) is 5.11 Å². The lowest BCUT2D eigenvalue weighted by molar-refractivity contribution is -0.149. The molecule has 4 fully saturated rings. The highest BCUT2D eigenvalue weighted by atomic mass is 16.5. The molecule has 4 nitrogen and oxygen atoms in total. The minimum Gasteiger partial charge on any atom is -0.496 e. The van der Waals surface area contributed by atoms with Crippen LogP contribution < -0.4 is 4.74 Å². The summed E-state index contributed by atoms with van der Waals surface area (Å²) >= 11 is 0. The average Bonchev–Trinajstić information content (AvgIpc) is 2.63. The summed E-state index contributed by atoms with van der Waals surface area (Å²) in [5.74, 6) is 3.75. The molecule has 1 aromatic carbocycles. The second-order valence-corrected chi connectivity index (χ2v) is 8.05. The second kappa shape index (κ2) is 7.24. The van der Waals surface area contributed by atoms with E-state index in [1.54, 1.807) is 7.11 Å². The number of aliphatic hydroxyl groups is 1. The van der Waals surface area contributed by atoms with E-state index < -0.39 is 0 Å². The Bertz CT molecular complexity index is 662. The highest BCUT2D eigenvalue weighted by Crippen LogP contribution is 2.60. The van der Waals surface area contributed by atoms with Crippen molar-refractivity contribution in [2.75, 3.05) is 26.9 Å². The van der Waals surface area contributed by atoms with Gasteiger partial charge in [0, 0.05) is 5.56 Å². The third kappa shape index (κ3) is 3.14. The van der Waals surface area contributed by atoms with Gasteiger partial charge in [-0.25, -0.2) is 0 Å². The Hall–Kier alpha value is -1.52. The summed E-state index contributed by atoms with van der Waals surface area (Å²) in [5.41, 5.74) is 2.58. The van der Waals surface area contributed by atoms with Crippen LogP contribution in [-0.4, -0.2) is 37.6 Å². The van der Waals surface area contributed by atoms with Crippen molar-refractivity contribution in [1.82, 2.24) is 0 Å². The van der Waals surface area contributed by atoms with Crippen LogP contribution in [0.5, 0.6) is 5.75 Å². The van der Waals surface area contributed by atoms with Crippen molar-refractivity contribution in [3.05, 3.63) is 35.4 Å². The monoisotopic (exact) mass is 358 g/mol. The summed E-state index contributed by atoms with van der Waals surface area (Å²) in [7, 11) is 1.79. The summed E-state index contributed by atoms with van der Waals surface area (Å²) in [4.78, 5) is 0. The van der Waals surface area contributed by atoms with Crippen molar-refractivity contribution in [3.63, 3.8) is 0 Å². The largest absolute Gasteiger partial charge is 0.496 e. The van der Waals surface area contributed by atoms with E-state index in [0.29, 0.717) is 25.0 Å². The van der Waals surface area contributed by atoms with Crippen molar-refractivity contribution in [2.24, 2.45) is 17.8 Å². The number of hydrogen-bond donors (Lipinski definition) is 1. The quantitative estimate of drug-likeness (QED) is 0.748. The fourth-order valence-electron chi connectivity index (χ4n) is 5.82. The number of rotatable bonds is 7. The number of ether oxygens (including phenoxy) is 3. The van der Waals surface area contributed by atoms with Crippen LogP contribution in [0, 0.1) is 17.8 Å². The van der Waals surface area contributed by atoms with Gasteiger partial charge in [-0.2, -0.15) is 0 Å². The summed E-state index contributed by atoms with van der Waals surface area (Å²) in [6.07, 6.45) is 5.78. The highest BCUT2D eigenvalue weighted by molar-refractivity contribution is 5.66. The topological polar surface area (TPSA) is 47.9 Å². The maximum Gasteiger partial charge on any atom is 0.125 e. The minimum atomic E-state index is -0.0191. The van der Waals surface area contributed by atoms with E-state index in [0.717, 1.165) is 42.3 Å². The van der Waals surface area contributed by atoms with Crippen molar-refractivity contribution in [2.45, 2.75) is 44.6 Å². The van der Waals surface area contributed by atoms with E-state index >= 15 is 0 Å². The molecule has 4 heteroatoms. The van der Waals surface area contributed by atoms with E-state index in [1.807, 2.05) is 19.1 Å². The maximum atomic E-state index is 9.20. The van der Waals surface area contributed by atoms with E-state index in [-0.39, 0.29) is 12.2 Å². The molecule has 26 heavy (non-hydrogen) atoms. The van der Waals surface area contributed by atoms with E-state index in [2.05, 4.69) is 12.1 Å². The van der Waals surface area contributed by atoms with Crippen molar-refractivity contribution in [3.8, 4) is 5.75 Å². The van der Waals surface area contributed by atoms with Crippen LogP contribution in [0.3, 0.4) is 0 Å². The molecule has 5 rings (SSSR count). The van der Waals surface area contributed by atoms with Gasteiger partial charge in [0.2, 0.25) is 0 Å². The standard InChI is InChI=1S/C22H30O4/c1-3-25-19-6-4-5-16(11-19)21(24-2)20-17-9-15-10-18(20)14-22(12-15,13-17)26-8-7-23/h4-6,11,15,17-18,23H,3,7-10,12-14H2,1-2H3. The fourth-order valence-corrected chi connectivity index (χ4v) is 5.82. The van der Waals surface area contributed by atoms with Crippen molar-refractivity contribution >= 4 is 5.76 Å². The zero-order valence-corrected chi connectivity index (χ0v) is 15.9. The lowest BCUT2D eigenvalue weighted by Gasteiger charge is -2.57. The van der Waals surface area contributed by atoms with Gasteiger partial charge in [-0.3, -0.25) is 0 Å². The predicted molar refractivity (Wildman–Crippen MR) is 101 cm³/mol. The van der Waals surface area contributed by atoms with Gasteiger partial charge in [0.05, 0.1) is 32.5 Å². The van der Waals surface area contributed by atoms with Gasteiger partial charge in [0.25, 0.3) is 0 Å². The molecule has 1 aromatic rings. The van der Waals surface area contributed by atoms with Gasteiger partial charge in [-0.15, -0.1) is 0 Å². The van der Waals surface area contributed by atoms with Crippen LogP contribution in [-0.2, 0) is 9.47 Å². The zero-order chi connectivity index (χ0) is 18.1. The fraction of sp³-hybridized carbons (Fsp3) is 0.636. The molecule has 142 valence electrons. The lowest BCUT2D eigenvalue weighted by Crippen LogP contribution is -2.53. The number of allylic oxidation sites excluding steroid dienone is 1.